The van der Waals surface area contributed by atoms with Gasteiger partial charge in [-0.05, 0) is 138 Å². The van der Waals surface area contributed by atoms with Crippen molar-refractivity contribution in [2.75, 3.05) is 0 Å². The van der Waals surface area contributed by atoms with Crippen LogP contribution in [0.15, 0.2) is 376 Å². The maximum Gasteiger partial charge on any atom is 0.524 e. The van der Waals surface area contributed by atoms with Crippen LogP contribution in [-0.2, 0) is 59.5 Å². The van der Waals surface area contributed by atoms with Crippen molar-refractivity contribution >= 4 is 133 Å². The van der Waals surface area contributed by atoms with Crippen molar-refractivity contribution in [3.05, 3.63) is 382 Å². The molecular formula is C88H72N2O13P2Si2. The maximum atomic E-state index is 14.6. The van der Waals surface area contributed by atoms with E-state index in [4.69, 9.17) is 5.26 Å². The molecule has 16 aromatic rings. The summed E-state index contributed by atoms with van der Waals surface area (Å²) in [6, 6.07) is 137. The van der Waals surface area contributed by atoms with Crippen LogP contribution in [0.3, 0.4) is 0 Å². The first-order valence-electron chi connectivity index (χ1n) is 34.6. The summed E-state index contributed by atoms with van der Waals surface area (Å²) >= 11 is 0. The normalized spacial score (nSPS) is 12.0. The Bertz CT molecular complexity index is 5200. The predicted molar refractivity (Wildman–Crippen MR) is 427 cm³/mol. The number of hydrogen-bond donors (Lipinski definition) is 1. The molecule has 0 saturated heterocycles. The molecule has 0 saturated carbocycles. The molecule has 0 aliphatic carbocycles. The number of hydrogen-bond acceptors (Lipinski definition) is 13. The molecule has 107 heavy (non-hydrogen) atoms. The lowest BCUT2D eigenvalue weighted by Crippen LogP contribution is -2.74. The van der Waals surface area contributed by atoms with Gasteiger partial charge in [-0.3, -0.25) is 0 Å². The largest absolute Gasteiger partial charge is 0.564 e. The number of aromatic nitrogens is 2. The second-order valence-corrected chi connectivity index (χ2v) is 37.3. The molecule has 1 N–H and O–H groups in total. The van der Waals surface area contributed by atoms with Gasteiger partial charge in [-0.1, -0.05) is 336 Å². The van der Waals surface area contributed by atoms with E-state index in [9.17, 15) is 14.0 Å². The molecule has 0 spiro atoms. The molecule has 2 aromatic heterocycles. The van der Waals surface area contributed by atoms with E-state index in [-0.39, 0.29) is 5.41 Å². The zero-order valence-electron chi connectivity index (χ0n) is 58.4. The second kappa shape index (κ2) is 33.2. The Balaban J connectivity index is 0.000000173. The van der Waals surface area contributed by atoms with Crippen molar-refractivity contribution in [2.45, 2.75) is 26.2 Å². The Morgan fingerprint density at radius 3 is 0.925 bits per heavy atom. The third-order valence-corrected chi connectivity index (χ3v) is 32.3. The Morgan fingerprint density at radius 1 is 0.318 bits per heavy atom. The lowest BCUT2D eigenvalue weighted by molar-refractivity contribution is -0.840. The molecule has 0 radical (unpaired) electrons. The zero-order valence-corrected chi connectivity index (χ0v) is 62.2. The van der Waals surface area contributed by atoms with Crippen molar-refractivity contribution in [3.63, 3.8) is 0 Å². The van der Waals surface area contributed by atoms with E-state index in [0.29, 0.717) is 0 Å². The summed E-state index contributed by atoms with van der Waals surface area (Å²) < 4.78 is 32.3. The van der Waals surface area contributed by atoms with Gasteiger partial charge in [-0.25, -0.2) is 5.26 Å². The van der Waals surface area contributed by atoms with Gasteiger partial charge in [0.1, 0.15) is 0 Å². The SMILES string of the molecule is CC(C)(C)c1ccc(-n2c3ccc([Si](c4ccccc4)(c4ccccc4)c4ccccc4)cc3c3cc([Si](c4ccccc4)(c4ccccc4)c4ccccc4)ccc32)cc1.O=P(c1ccccc1)(c1ccccc1)c1ccc(-n2c3ccccc3c3ccccc32)cc1.O=[P+]([O-])OOOOOOOOOO. The summed E-state index contributed by atoms with van der Waals surface area (Å²) in [5, 5.41) is 51.9. The summed E-state index contributed by atoms with van der Waals surface area (Å²) in [5.74, 6) is 0. The van der Waals surface area contributed by atoms with E-state index in [0.717, 1.165) is 21.6 Å². The third kappa shape index (κ3) is 14.9. The van der Waals surface area contributed by atoms with E-state index in [2.05, 4.69) is 378 Å². The highest BCUT2D eigenvalue weighted by Gasteiger charge is 2.44. The van der Waals surface area contributed by atoms with Crippen LogP contribution in [0.1, 0.15) is 26.3 Å². The summed E-state index contributed by atoms with van der Waals surface area (Å²) in [6.45, 7) is 6.86. The van der Waals surface area contributed by atoms with E-state index < -0.39 is 31.5 Å². The van der Waals surface area contributed by atoms with Gasteiger partial charge in [-0.15, -0.1) is 0 Å². The lowest BCUT2D eigenvalue weighted by atomic mass is 9.87. The molecule has 2 heterocycles. The molecule has 0 bridgehead atoms. The predicted octanol–water partition coefficient (Wildman–Crippen LogP) is 14.2. The van der Waals surface area contributed by atoms with Gasteiger partial charge in [0.2, 0.25) is 0 Å². The van der Waals surface area contributed by atoms with Gasteiger partial charge in [0.25, 0.3) is 0 Å². The van der Waals surface area contributed by atoms with Crippen LogP contribution in [0.25, 0.3) is 55.0 Å². The summed E-state index contributed by atoms with van der Waals surface area (Å²) in [6.07, 6.45) is 0. The Hall–Kier alpha value is -11.0. The minimum atomic E-state index is -3.26. The van der Waals surface area contributed by atoms with Crippen LogP contribution in [0.5, 0.6) is 0 Å². The molecule has 1 atom stereocenters. The number of nitrogens with zero attached hydrogens (tertiary/aromatic N) is 2. The van der Waals surface area contributed by atoms with Crippen LogP contribution >= 0.6 is 15.4 Å². The van der Waals surface area contributed by atoms with Crippen molar-refractivity contribution in [2.24, 2.45) is 0 Å². The van der Waals surface area contributed by atoms with Gasteiger partial charge in [0, 0.05) is 69.0 Å². The zero-order chi connectivity index (χ0) is 73.6. The standard InChI is InChI=1S/C58H49NSi2.C30H22NOP.HO12P/c1-58(2,3)44-34-36-45(37-35-44)59-56-40-38-52(60(46-22-10-4-11-23-46,47-24-12-5-13-25-47)48-26-14-6-15-27-48)42-54(56)55-43-53(39-41-57(55)59)61(49-28-16-7-17-29-49,50-30-18-8-19-31-50)51-32-20-9-21-33-51;32-33(24-11-3-1-4-12-24,25-13-5-2-6-14-25)26-21-19-23(20-22-26)31-29-17-9-7-15-27(29)28-16-8-10-18-30(28)31;1-4-5-6-7-8-9-10-11-12-13(2)3/h4-43H,1-3H3;1-22H;1H. The molecule has 14 aromatic carbocycles. The highest BCUT2D eigenvalue weighted by molar-refractivity contribution is 7.85. The van der Waals surface area contributed by atoms with E-state index in [1.165, 1.54) is 96.4 Å². The number of rotatable bonds is 22. The fraction of sp³-hybridized carbons (Fsp3) is 0.0455. The molecule has 0 fully saturated rings. The van der Waals surface area contributed by atoms with Crippen LogP contribution < -0.4 is 62.3 Å². The Morgan fingerprint density at radius 2 is 0.598 bits per heavy atom. The fourth-order valence-corrected chi connectivity index (χ4v) is 27.1. The Kier molecular flexibility index (Phi) is 22.6. The molecule has 0 amide bonds. The van der Waals surface area contributed by atoms with Gasteiger partial charge in [0.15, 0.2) is 23.3 Å². The quantitative estimate of drug-likeness (QED) is 0.0170. The molecule has 1 unspecified atom stereocenters. The van der Waals surface area contributed by atoms with Crippen molar-refractivity contribution in [1.82, 2.24) is 9.13 Å². The monoisotopic (exact) mass is 1480 g/mol. The van der Waals surface area contributed by atoms with Crippen LogP contribution in [0.4, 0.5) is 0 Å². The summed E-state index contributed by atoms with van der Waals surface area (Å²) in [5.41, 5.74) is 8.37. The summed E-state index contributed by atoms with van der Waals surface area (Å²) in [4.78, 5) is 9.57. The van der Waals surface area contributed by atoms with Crippen molar-refractivity contribution < 1.29 is 64.3 Å². The first-order valence-corrected chi connectivity index (χ1v) is 41.4. The van der Waals surface area contributed by atoms with Crippen molar-refractivity contribution in [3.8, 4) is 11.4 Å². The minimum absolute atomic E-state index is 0.0592. The minimum Gasteiger partial charge on any atom is -0.564 e. The van der Waals surface area contributed by atoms with Crippen molar-refractivity contribution in [1.29, 1.82) is 0 Å². The van der Waals surface area contributed by atoms with E-state index in [1.807, 2.05) is 72.8 Å². The first-order chi connectivity index (χ1) is 52.4. The molecular weight excluding hydrogens is 1410 g/mol. The highest BCUT2D eigenvalue weighted by atomic mass is 31.2. The van der Waals surface area contributed by atoms with Gasteiger partial charge in [0.05, 0.1) is 26.7 Å². The average Bonchev–Trinajstić information content (AvgIpc) is 1.54. The summed E-state index contributed by atoms with van der Waals surface area (Å²) in [7, 11) is -11.9. The first kappa shape index (κ1) is 72.9. The van der Waals surface area contributed by atoms with Crippen LogP contribution in [0.2, 0.25) is 0 Å². The highest BCUT2D eigenvalue weighted by Crippen LogP contribution is 2.43. The third-order valence-electron chi connectivity index (χ3n) is 19.4. The van der Waals surface area contributed by atoms with E-state index >= 15 is 0 Å². The number of benzene rings is 14. The number of para-hydroxylation sites is 2. The second-order valence-electron chi connectivity index (χ2n) is 26.3. The molecule has 15 nitrogen and oxygen atoms in total. The molecule has 19 heteroatoms. The number of fused-ring (bicyclic) bond motifs is 6. The topological polar surface area (TPSA) is 170 Å². The molecule has 530 valence electrons. The smallest absolute Gasteiger partial charge is 0.524 e. The van der Waals surface area contributed by atoms with Crippen LogP contribution in [-0.4, -0.2) is 30.5 Å². The lowest BCUT2D eigenvalue weighted by Gasteiger charge is -2.34. The van der Waals surface area contributed by atoms with E-state index in [1.54, 1.807) is 0 Å². The Labute approximate surface area is 621 Å². The van der Waals surface area contributed by atoms with Gasteiger partial charge < -0.3 is 18.6 Å². The van der Waals surface area contributed by atoms with Gasteiger partial charge in [-0.2, -0.15) is 0 Å². The molecule has 0 aliphatic rings. The van der Waals surface area contributed by atoms with Gasteiger partial charge >= 0.3 is 8.25 Å². The average molecular weight is 1480 g/mol. The maximum absolute atomic E-state index is 14.6. The molecule has 16 rings (SSSR count). The van der Waals surface area contributed by atoms with Crippen LogP contribution in [0, 0.1) is 0 Å². The molecule has 0 aliphatic heterocycles. The fourth-order valence-electron chi connectivity index (χ4n) is 14.8.